The molecule has 3 nitrogen and oxygen atoms in total. The molecule has 0 N–H and O–H groups in total. The lowest BCUT2D eigenvalue weighted by Gasteiger charge is -2.30. The molecule has 0 atom stereocenters. The quantitative estimate of drug-likeness (QED) is 0.174. The van der Waals surface area contributed by atoms with Gasteiger partial charge < -0.3 is 14.4 Å². The van der Waals surface area contributed by atoms with Gasteiger partial charge in [0.25, 0.3) is 0 Å². The minimum atomic E-state index is 1.07. The molecule has 0 fully saturated rings. The van der Waals surface area contributed by atoms with E-state index in [9.17, 15) is 0 Å². The summed E-state index contributed by atoms with van der Waals surface area (Å²) in [6, 6.07) is 71.6. The standard InChI is InChI=1S/C46H33N3/c1-6-20-36(21-7-1)47(37-22-8-2-9-23-37)41-32-44(48(38-24-10-3-11-25-38)39-26-12-4-13-27-39)46-42-30-34-18-16-17-19-35(34)31-43(42)49(45(46)33-41)40-28-14-5-15-29-40/h1-33H. The normalized spacial score (nSPS) is 11.3. The van der Waals surface area contributed by atoms with Gasteiger partial charge in [-0.3, -0.25) is 0 Å². The zero-order valence-corrected chi connectivity index (χ0v) is 26.9. The van der Waals surface area contributed by atoms with Crippen molar-refractivity contribution < 1.29 is 0 Å². The summed E-state index contributed by atoms with van der Waals surface area (Å²) in [6.45, 7) is 0. The Balaban J connectivity index is 1.48. The predicted octanol–water partition coefficient (Wildman–Crippen LogP) is 12.9. The van der Waals surface area contributed by atoms with E-state index in [4.69, 9.17) is 0 Å². The fraction of sp³-hybridized carbons (Fsp3) is 0. The van der Waals surface area contributed by atoms with E-state index in [0.29, 0.717) is 0 Å². The van der Waals surface area contributed by atoms with Gasteiger partial charge >= 0.3 is 0 Å². The van der Waals surface area contributed by atoms with Crippen LogP contribution in [0.25, 0.3) is 38.3 Å². The van der Waals surface area contributed by atoms with E-state index in [1.807, 2.05) is 0 Å². The summed E-state index contributed by atoms with van der Waals surface area (Å²) in [5.74, 6) is 0. The molecule has 0 saturated heterocycles. The van der Waals surface area contributed by atoms with Gasteiger partial charge in [0.2, 0.25) is 0 Å². The molecule has 232 valence electrons. The number of fused-ring (bicyclic) bond motifs is 4. The van der Waals surface area contributed by atoms with Gasteiger partial charge in [0.05, 0.1) is 22.4 Å². The first-order valence-corrected chi connectivity index (χ1v) is 16.7. The van der Waals surface area contributed by atoms with Gasteiger partial charge in [0.1, 0.15) is 0 Å². The predicted molar refractivity (Wildman–Crippen MR) is 208 cm³/mol. The van der Waals surface area contributed by atoms with Gasteiger partial charge in [0, 0.05) is 39.2 Å². The number of nitrogens with zero attached hydrogens (tertiary/aromatic N) is 3. The molecule has 8 aromatic carbocycles. The van der Waals surface area contributed by atoms with E-state index in [-0.39, 0.29) is 0 Å². The van der Waals surface area contributed by atoms with Gasteiger partial charge in [-0.2, -0.15) is 0 Å². The van der Waals surface area contributed by atoms with Gasteiger partial charge in [0.15, 0.2) is 0 Å². The third-order valence-corrected chi connectivity index (χ3v) is 9.27. The molecule has 3 heteroatoms. The summed E-state index contributed by atoms with van der Waals surface area (Å²) in [5, 5.41) is 4.84. The third-order valence-electron chi connectivity index (χ3n) is 9.27. The van der Waals surface area contributed by atoms with Crippen molar-refractivity contribution >= 4 is 66.7 Å². The van der Waals surface area contributed by atoms with Crippen LogP contribution in [0.15, 0.2) is 200 Å². The Labute approximate surface area is 286 Å². The maximum absolute atomic E-state index is 2.44. The number of anilines is 6. The molecule has 1 aromatic heterocycles. The lowest BCUT2D eigenvalue weighted by molar-refractivity contribution is 1.18. The average molecular weight is 628 g/mol. The summed E-state index contributed by atoms with van der Waals surface area (Å²) in [5.41, 5.74) is 9.99. The summed E-state index contributed by atoms with van der Waals surface area (Å²) in [6.07, 6.45) is 0. The molecular weight excluding hydrogens is 595 g/mol. The Kier molecular flexibility index (Phi) is 7.14. The first-order valence-electron chi connectivity index (χ1n) is 16.7. The molecule has 0 amide bonds. The zero-order chi connectivity index (χ0) is 32.6. The van der Waals surface area contributed by atoms with Gasteiger partial charge in [-0.1, -0.05) is 115 Å². The molecular formula is C46H33N3. The Morgan fingerprint density at radius 3 is 1.27 bits per heavy atom. The average Bonchev–Trinajstić information content (AvgIpc) is 3.49. The Morgan fingerprint density at radius 1 is 0.327 bits per heavy atom. The van der Waals surface area contributed by atoms with Crippen LogP contribution in [0.5, 0.6) is 0 Å². The molecule has 0 saturated carbocycles. The number of aromatic nitrogens is 1. The molecule has 0 unspecified atom stereocenters. The van der Waals surface area contributed by atoms with E-state index in [0.717, 1.165) is 45.3 Å². The van der Waals surface area contributed by atoms with Crippen molar-refractivity contribution in [3.8, 4) is 5.69 Å². The molecule has 1 heterocycles. The van der Waals surface area contributed by atoms with E-state index < -0.39 is 0 Å². The molecule has 49 heavy (non-hydrogen) atoms. The van der Waals surface area contributed by atoms with Crippen LogP contribution >= 0.6 is 0 Å². The monoisotopic (exact) mass is 627 g/mol. The fourth-order valence-corrected chi connectivity index (χ4v) is 7.14. The molecule has 0 radical (unpaired) electrons. The van der Waals surface area contributed by atoms with Crippen LogP contribution in [-0.2, 0) is 0 Å². The minimum Gasteiger partial charge on any atom is -0.310 e. The molecule has 0 aliphatic rings. The van der Waals surface area contributed by atoms with Crippen LogP contribution in [0.4, 0.5) is 34.1 Å². The summed E-state index contributed by atoms with van der Waals surface area (Å²) in [4.78, 5) is 4.77. The van der Waals surface area contributed by atoms with Crippen LogP contribution in [0.2, 0.25) is 0 Å². The highest BCUT2D eigenvalue weighted by Crippen LogP contribution is 2.48. The molecule has 0 aliphatic carbocycles. The first-order chi connectivity index (χ1) is 24.3. The van der Waals surface area contributed by atoms with Crippen molar-refractivity contribution in [2.75, 3.05) is 9.80 Å². The SMILES string of the molecule is c1ccc(N(c2ccccc2)c2cc(N(c3ccccc3)c3ccccc3)c3c4cc5ccccc5cc4n(-c4ccccc4)c3c2)cc1. The highest BCUT2D eigenvalue weighted by atomic mass is 15.2. The smallest absolute Gasteiger partial charge is 0.0583 e. The van der Waals surface area contributed by atoms with Crippen molar-refractivity contribution in [3.63, 3.8) is 0 Å². The van der Waals surface area contributed by atoms with E-state index in [1.54, 1.807) is 0 Å². The lowest BCUT2D eigenvalue weighted by Crippen LogP contribution is -2.14. The van der Waals surface area contributed by atoms with E-state index >= 15 is 0 Å². The number of rotatable bonds is 7. The molecule has 0 aliphatic heterocycles. The number of para-hydroxylation sites is 5. The third kappa shape index (κ3) is 5.09. The second kappa shape index (κ2) is 12.2. The Morgan fingerprint density at radius 2 is 0.755 bits per heavy atom. The lowest BCUT2D eigenvalue weighted by atomic mass is 10.0. The van der Waals surface area contributed by atoms with E-state index in [2.05, 4.69) is 215 Å². The maximum Gasteiger partial charge on any atom is 0.0583 e. The Hall–Kier alpha value is -6.58. The second-order valence-electron chi connectivity index (χ2n) is 12.3. The minimum absolute atomic E-state index is 1.07. The van der Waals surface area contributed by atoms with Gasteiger partial charge in [-0.25, -0.2) is 0 Å². The molecule has 9 aromatic rings. The van der Waals surface area contributed by atoms with Crippen molar-refractivity contribution in [1.29, 1.82) is 0 Å². The van der Waals surface area contributed by atoms with Crippen LogP contribution in [-0.4, -0.2) is 4.57 Å². The Bertz CT molecular complexity index is 2450. The maximum atomic E-state index is 2.44. The van der Waals surface area contributed by atoms with Crippen LogP contribution in [0.1, 0.15) is 0 Å². The van der Waals surface area contributed by atoms with Crippen LogP contribution < -0.4 is 9.80 Å². The van der Waals surface area contributed by atoms with Crippen LogP contribution in [0, 0.1) is 0 Å². The fourth-order valence-electron chi connectivity index (χ4n) is 7.14. The van der Waals surface area contributed by atoms with E-state index in [1.165, 1.54) is 27.1 Å². The zero-order valence-electron chi connectivity index (χ0n) is 26.9. The second-order valence-corrected chi connectivity index (χ2v) is 12.3. The van der Waals surface area contributed by atoms with Crippen LogP contribution in [0.3, 0.4) is 0 Å². The summed E-state index contributed by atoms with van der Waals surface area (Å²) < 4.78 is 2.44. The summed E-state index contributed by atoms with van der Waals surface area (Å²) >= 11 is 0. The van der Waals surface area contributed by atoms with Crippen molar-refractivity contribution in [1.82, 2.24) is 4.57 Å². The first kappa shape index (κ1) is 28.6. The van der Waals surface area contributed by atoms with Gasteiger partial charge in [-0.05, 0) is 95.7 Å². The molecule has 9 rings (SSSR count). The topological polar surface area (TPSA) is 11.4 Å². The number of hydrogen-bond acceptors (Lipinski definition) is 2. The largest absolute Gasteiger partial charge is 0.310 e. The highest BCUT2D eigenvalue weighted by molar-refractivity contribution is 6.20. The van der Waals surface area contributed by atoms with Crippen molar-refractivity contribution in [2.24, 2.45) is 0 Å². The molecule has 0 bridgehead atoms. The van der Waals surface area contributed by atoms with Crippen molar-refractivity contribution in [3.05, 3.63) is 200 Å². The highest BCUT2D eigenvalue weighted by Gasteiger charge is 2.25. The number of hydrogen-bond donors (Lipinski definition) is 0. The summed E-state index contributed by atoms with van der Waals surface area (Å²) in [7, 11) is 0. The van der Waals surface area contributed by atoms with Gasteiger partial charge in [-0.15, -0.1) is 0 Å². The van der Waals surface area contributed by atoms with Crippen molar-refractivity contribution in [2.45, 2.75) is 0 Å². The molecule has 0 spiro atoms. The number of benzene rings is 8.